The molecule has 0 aromatic heterocycles. The molecule has 1 aromatic rings. The number of rotatable bonds is 8. The first kappa shape index (κ1) is 19.6. The topological polar surface area (TPSA) is 40.5 Å². The molecule has 0 saturated heterocycles. The average molecular weight is 357 g/mol. The minimum atomic E-state index is -0.294. The van der Waals surface area contributed by atoms with Crippen LogP contribution in [0, 0.1) is 11.8 Å². The maximum atomic E-state index is 10.7. The van der Waals surface area contributed by atoms with Gasteiger partial charge in [-0.3, -0.25) is 0 Å². The van der Waals surface area contributed by atoms with Crippen LogP contribution in [0.2, 0.25) is 0 Å². The highest BCUT2D eigenvalue weighted by Crippen LogP contribution is 2.39. The molecular weight excluding hydrogens is 320 g/mol. The van der Waals surface area contributed by atoms with Crippen LogP contribution >= 0.6 is 0 Å². The Bertz CT molecular complexity index is 551. The predicted octanol–water partition coefficient (Wildman–Crippen LogP) is 5.43. The Hall–Kier alpha value is -1.12. The zero-order valence-corrected chi connectivity index (χ0v) is 16.2. The molecule has 4 unspecified atom stereocenters. The van der Waals surface area contributed by atoms with E-state index >= 15 is 0 Å². The standard InChI is InChI=1S/C24H36O2/c25-23(17-16-19-8-2-1-3-9-19)14-7-15-24(26)22-13-6-12-20-10-4-5-11-21(20)18-22/h1-3,8-9,18,20-21,23-26H,4-7,10-17H2. The average Bonchev–Trinajstić information content (AvgIpc) is 2.89. The van der Waals surface area contributed by atoms with Gasteiger partial charge >= 0.3 is 0 Å². The number of benzene rings is 1. The van der Waals surface area contributed by atoms with Gasteiger partial charge in [0.05, 0.1) is 12.2 Å². The van der Waals surface area contributed by atoms with E-state index in [1.165, 1.54) is 49.7 Å². The second kappa shape index (κ2) is 10.3. The number of hydrogen-bond acceptors (Lipinski definition) is 2. The summed E-state index contributed by atoms with van der Waals surface area (Å²) in [5.41, 5.74) is 2.58. The van der Waals surface area contributed by atoms with Gasteiger partial charge in [0.2, 0.25) is 0 Å². The van der Waals surface area contributed by atoms with E-state index in [9.17, 15) is 10.2 Å². The first-order chi connectivity index (χ1) is 12.7. The van der Waals surface area contributed by atoms with Crippen molar-refractivity contribution >= 4 is 0 Å². The van der Waals surface area contributed by atoms with Crippen LogP contribution in [0.1, 0.15) is 76.2 Å². The lowest BCUT2D eigenvalue weighted by molar-refractivity contribution is 0.138. The van der Waals surface area contributed by atoms with Crippen LogP contribution < -0.4 is 0 Å². The molecule has 1 saturated carbocycles. The molecule has 3 rings (SSSR count). The third-order valence-electron chi connectivity index (χ3n) is 6.49. The minimum Gasteiger partial charge on any atom is -0.393 e. The molecule has 0 amide bonds. The molecule has 0 heterocycles. The van der Waals surface area contributed by atoms with E-state index in [4.69, 9.17) is 0 Å². The largest absolute Gasteiger partial charge is 0.393 e. The predicted molar refractivity (Wildman–Crippen MR) is 108 cm³/mol. The second-order valence-corrected chi connectivity index (χ2v) is 8.47. The van der Waals surface area contributed by atoms with Crippen LogP contribution in [0.15, 0.2) is 42.0 Å². The Morgan fingerprint density at radius 2 is 1.65 bits per heavy atom. The third kappa shape index (κ3) is 5.96. The lowest BCUT2D eigenvalue weighted by Crippen LogP contribution is -2.18. The fourth-order valence-electron chi connectivity index (χ4n) is 4.87. The van der Waals surface area contributed by atoms with E-state index in [1.54, 1.807) is 0 Å². The molecule has 0 bridgehead atoms. The Morgan fingerprint density at radius 1 is 0.885 bits per heavy atom. The quantitative estimate of drug-likeness (QED) is 0.610. The highest BCUT2D eigenvalue weighted by Gasteiger charge is 2.27. The van der Waals surface area contributed by atoms with Crippen molar-refractivity contribution in [3.05, 3.63) is 47.5 Å². The summed E-state index contributed by atoms with van der Waals surface area (Å²) in [4.78, 5) is 0. The van der Waals surface area contributed by atoms with E-state index in [0.717, 1.165) is 44.4 Å². The van der Waals surface area contributed by atoms with Gasteiger partial charge in [-0.25, -0.2) is 0 Å². The Morgan fingerprint density at radius 3 is 2.50 bits per heavy atom. The molecule has 4 atom stereocenters. The molecule has 2 heteroatoms. The first-order valence-electron chi connectivity index (χ1n) is 10.8. The molecule has 2 nitrogen and oxygen atoms in total. The van der Waals surface area contributed by atoms with Crippen molar-refractivity contribution in [3.8, 4) is 0 Å². The molecule has 144 valence electrons. The normalized spacial score (nSPS) is 25.7. The summed E-state index contributed by atoms with van der Waals surface area (Å²) >= 11 is 0. The minimum absolute atomic E-state index is 0.256. The molecule has 2 aliphatic carbocycles. The van der Waals surface area contributed by atoms with Crippen LogP contribution in [-0.2, 0) is 6.42 Å². The van der Waals surface area contributed by atoms with Gasteiger partial charge in [0, 0.05) is 0 Å². The van der Waals surface area contributed by atoms with E-state index in [1.807, 2.05) is 6.07 Å². The smallest absolute Gasteiger partial charge is 0.0750 e. The van der Waals surface area contributed by atoms with Crippen molar-refractivity contribution in [3.63, 3.8) is 0 Å². The zero-order valence-electron chi connectivity index (χ0n) is 16.2. The van der Waals surface area contributed by atoms with Gasteiger partial charge in [0.25, 0.3) is 0 Å². The first-order valence-corrected chi connectivity index (χ1v) is 10.8. The molecule has 0 radical (unpaired) electrons. The number of aryl methyl sites for hydroxylation is 1. The highest BCUT2D eigenvalue weighted by molar-refractivity contribution is 5.15. The maximum Gasteiger partial charge on any atom is 0.0750 e. The Balaban J connectivity index is 1.39. The van der Waals surface area contributed by atoms with Crippen molar-refractivity contribution in [2.24, 2.45) is 11.8 Å². The fraction of sp³-hybridized carbons (Fsp3) is 0.667. The van der Waals surface area contributed by atoms with Gasteiger partial charge in [-0.05, 0) is 87.2 Å². The van der Waals surface area contributed by atoms with Crippen LogP contribution in [0.3, 0.4) is 0 Å². The molecule has 26 heavy (non-hydrogen) atoms. The molecule has 0 aliphatic heterocycles. The third-order valence-corrected chi connectivity index (χ3v) is 6.49. The number of fused-ring (bicyclic) bond motifs is 1. The Labute approximate surface area is 159 Å². The molecule has 1 fully saturated rings. The van der Waals surface area contributed by atoms with E-state index in [2.05, 4.69) is 30.3 Å². The molecular formula is C24H36O2. The van der Waals surface area contributed by atoms with Gasteiger partial charge in [-0.1, -0.05) is 49.2 Å². The number of aliphatic hydroxyl groups is 2. The maximum absolute atomic E-state index is 10.7. The van der Waals surface area contributed by atoms with E-state index in [0.29, 0.717) is 5.92 Å². The summed E-state index contributed by atoms with van der Waals surface area (Å²) in [6.07, 6.45) is 15.2. The summed E-state index contributed by atoms with van der Waals surface area (Å²) in [5.74, 6) is 1.58. The van der Waals surface area contributed by atoms with Crippen LogP contribution in [0.25, 0.3) is 0 Å². The highest BCUT2D eigenvalue weighted by atomic mass is 16.3. The summed E-state index contributed by atoms with van der Waals surface area (Å²) in [6.45, 7) is 0. The van der Waals surface area contributed by atoms with Crippen LogP contribution in [0.5, 0.6) is 0 Å². The second-order valence-electron chi connectivity index (χ2n) is 8.47. The van der Waals surface area contributed by atoms with Crippen molar-refractivity contribution in [2.45, 2.75) is 89.3 Å². The van der Waals surface area contributed by atoms with Gasteiger partial charge in [-0.2, -0.15) is 0 Å². The van der Waals surface area contributed by atoms with E-state index in [-0.39, 0.29) is 12.2 Å². The van der Waals surface area contributed by atoms with Crippen LogP contribution in [-0.4, -0.2) is 22.4 Å². The van der Waals surface area contributed by atoms with Crippen molar-refractivity contribution in [2.75, 3.05) is 0 Å². The lowest BCUT2D eigenvalue weighted by Gasteiger charge is -2.28. The fourth-order valence-corrected chi connectivity index (χ4v) is 4.87. The van der Waals surface area contributed by atoms with Crippen LogP contribution in [0.4, 0.5) is 0 Å². The summed E-state index contributed by atoms with van der Waals surface area (Å²) in [7, 11) is 0. The van der Waals surface area contributed by atoms with Crippen molar-refractivity contribution in [1.82, 2.24) is 0 Å². The number of aliphatic hydroxyl groups excluding tert-OH is 2. The van der Waals surface area contributed by atoms with Gasteiger partial charge in [0.15, 0.2) is 0 Å². The van der Waals surface area contributed by atoms with Gasteiger partial charge < -0.3 is 10.2 Å². The van der Waals surface area contributed by atoms with Gasteiger partial charge in [-0.15, -0.1) is 0 Å². The van der Waals surface area contributed by atoms with Crippen molar-refractivity contribution in [1.29, 1.82) is 0 Å². The lowest BCUT2D eigenvalue weighted by atomic mass is 9.77. The monoisotopic (exact) mass is 356 g/mol. The summed E-state index contributed by atoms with van der Waals surface area (Å²) < 4.78 is 0. The molecule has 2 aliphatic rings. The zero-order chi connectivity index (χ0) is 18.2. The molecule has 1 aromatic carbocycles. The summed E-state index contributed by atoms with van der Waals surface area (Å²) in [6, 6.07) is 10.4. The van der Waals surface area contributed by atoms with E-state index < -0.39 is 0 Å². The number of hydrogen-bond donors (Lipinski definition) is 2. The Kier molecular flexibility index (Phi) is 7.76. The summed E-state index contributed by atoms with van der Waals surface area (Å²) in [5, 5.41) is 20.9. The van der Waals surface area contributed by atoms with Crippen molar-refractivity contribution < 1.29 is 10.2 Å². The molecule has 0 spiro atoms. The molecule has 2 N–H and O–H groups in total. The number of allylic oxidation sites excluding steroid dienone is 1. The SMILES string of the molecule is OC(CCCC(O)C1=CC2CCCCC2CCC1)CCc1ccccc1. The van der Waals surface area contributed by atoms with Gasteiger partial charge in [0.1, 0.15) is 0 Å².